The number of urea groups is 1. The van der Waals surface area contributed by atoms with E-state index in [0.717, 1.165) is 5.56 Å². The number of carbonyl (C=O) groups excluding carboxylic acids is 1. The maximum absolute atomic E-state index is 11.9. The molecule has 0 unspecified atom stereocenters. The molecule has 1 aromatic heterocycles. The van der Waals surface area contributed by atoms with Gasteiger partial charge in [0.1, 0.15) is 0 Å². The minimum absolute atomic E-state index is 0.0355. The molecule has 0 aliphatic carbocycles. The maximum atomic E-state index is 11.9. The topological polar surface area (TPSA) is 105 Å². The van der Waals surface area contributed by atoms with E-state index in [4.69, 9.17) is 4.84 Å². The van der Waals surface area contributed by atoms with Crippen LogP contribution in [0.15, 0.2) is 46.1 Å². The van der Waals surface area contributed by atoms with Gasteiger partial charge in [-0.3, -0.25) is 19.2 Å². The van der Waals surface area contributed by atoms with E-state index in [0.29, 0.717) is 0 Å². The quantitative estimate of drug-likeness (QED) is 0.708. The summed E-state index contributed by atoms with van der Waals surface area (Å²) in [6.45, 7) is 5.71. The zero-order valence-corrected chi connectivity index (χ0v) is 14.5. The molecule has 0 aliphatic rings. The highest BCUT2D eigenvalue weighted by Gasteiger charge is 2.16. The minimum Gasteiger partial charge on any atom is -0.332 e. The highest BCUT2D eigenvalue weighted by atomic mass is 16.7. The summed E-state index contributed by atoms with van der Waals surface area (Å²) < 4.78 is 1.41. The highest BCUT2D eigenvalue weighted by molar-refractivity contribution is 5.72. The molecule has 1 heterocycles. The average molecular weight is 346 g/mol. The Morgan fingerprint density at radius 3 is 2.52 bits per heavy atom. The SMILES string of the molecule is CC(C)(C)n1cc(CNC(=O)NOCc2ccccc2)c(=O)[nH]c1=O. The third kappa shape index (κ3) is 5.32. The first-order valence-electron chi connectivity index (χ1n) is 7.82. The van der Waals surface area contributed by atoms with Crippen LogP contribution in [-0.4, -0.2) is 15.6 Å². The van der Waals surface area contributed by atoms with Gasteiger partial charge in [-0.1, -0.05) is 30.3 Å². The first-order chi connectivity index (χ1) is 11.8. The van der Waals surface area contributed by atoms with Crippen LogP contribution >= 0.6 is 0 Å². The third-order valence-corrected chi connectivity index (χ3v) is 3.42. The van der Waals surface area contributed by atoms with E-state index in [1.165, 1.54) is 10.8 Å². The highest BCUT2D eigenvalue weighted by Crippen LogP contribution is 2.09. The summed E-state index contributed by atoms with van der Waals surface area (Å²) in [6.07, 6.45) is 1.45. The fraction of sp³-hybridized carbons (Fsp3) is 0.353. The maximum Gasteiger partial charge on any atom is 0.338 e. The van der Waals surface area contributed by atoms with Gasteiger partial charge >= 0.3 is 11.7 Å². The fourth-order valence-electron chi connectivity index (χ4n) is 2.11. The molecule has 3 N–H and O–H groups in total. The minimum atomic E-state index is -0.580. The van der Waals surface area contributed by atoms with Crippen molar-refractivity contribution in [2.45, 2.75) is 39.5 Å². The molecule has 134 valence electrons. The molecule has 25 heavy (non-hydrogen) atoms. The largest absolute Gasteiger partial charge is 0.338 e. The molecule has 1 aromatic carbocycles. The molecule has 2 rings (SSSR count). The third-order valence-electron chi connectivity index (χ3n) is 3.42. The van der Waals surface area contributed by atoms with Gasteiger partial charge in [0, 0.05) is 11.7 Å². The number of rotatable bonds is 5. The second kappa shape index (κ2) is 7.80. The van der Waals surface area contributed by atoms with E-state index in [2.05, 4.69) is 15.8 Å². The van der Waals surface area contributed by atoms with E-state index in [1.54, 1.807) is 0 Å². The van der Waals surface area contributed by atoms with Crippen molar-refractivity contribution in [1.29, 1.82) is 0 Å². The van der Waals surface area contributed by atoms with Gasteiger partial charge in [-0.2, -0.15) is 0 Å². The van der Waals surface area contributed by atoms with Gasteiger partial charge in [0.15, 0.2) is 0 Å². The van der Waals surface area contributed by atoms with Crippen LogP contribution in [0.2, 0.25) is 0 Å². The lowest BCUT2D eigenvalue weighted by molar-refractivity contribution is 0.0489. The van der Waals surface area contributed by atoms with Crippen molar-refractivity contribution in [2.24, 2.45) is 0 Å². The van der Waals surface area contributed by atoms with Crippen LogP contribution in [0.4, 0.5) is 4.79 Å². The number of aromatic amines is 1. The van der Waals surface area contributed by atoms with Crippen molar-refractivity contribution >= 4 is 6.03 Å². The number of nitrogens with one attached hydrogen (secondary N) is 3. The summed E-state index contributed by atoms with van der Waals surface area (Å²) in [6, 6.07) is 8.79. The van der Waals surface area contributed by atoms with Crippen molar-refractivity contribution in [3.05, 3.63) is 68.5 Å². The predicted octanol–water partition coefficient (Wildman–Crippen LogP) is 1.22. The molecule has 0 spiro atoms. The molecule has 0 saturated carbocycles. The van der Waals surface area contributed by atoms with E-state index in [1.807, 2.05) is 51.1 Å². The summed E-state index contributed by atoms with van der Waals surface area (Å²) in [5.41, 5.74) is 1.92. The Balaban J connectivity index is 1.91. The lowest BCUT2D eigenvalue weighted by Crippen LogP contribution is -2.41. The summed E-state index contributed by atoms with van der Waals surface area (Å²) >= 11 is 0. The van der Waals surface area contributed by atoms with E-state index < -0.39 is 22.8 Å². The Kier molecular flexibility index (Phi) is 5.76. The summed E-state index contributed by atoms with van der Waals surface area (Å²) in [5, 5.41) is 2.51. The van der Waals surface area contributed by atoms with Gasteiger partial charge in [0.05, 0.1) is 18.7 Å². The summed E-state index contributed by atoms with van der Waals surface area (Å²) in [4.78, 5) is 42.8. The first-order valence-corrected chi connectivity index (χ1v) is 7.82. The molecule has 2 aromatic rings. The zero-order chi connectivity index (χ0) is 18.4. The van der Waals surface area contributed by atoms with Crippen LogP contribution in [-0.2, 0) is 23.5 Å². The molecular weight excluding hydrogens is 324 g/mol. The molecule has 0 radical (unpaired) electrons. The van der Waals surface area contributed by atoms with E-state index >= 15 is 0 Å². The van der Waals surface area contributed by atoms with Crippen molar-refractivity contribution in [3.63, 3.8) is 0 Å². The lowest BCUT2D eigenvalue weighted by Gasteiger charge is -2.22. The number of benzene rings is 1. The predicted molar refractivity (Wildman–Crippen MR) is 92.9 cm³/mol. The monoisotopic (exact) mass is 346 g/mol. The molecule has 0 atom stereocenters. The number of amides is 2. The Morgan fingerprint density at radius 2 is 1.88 bits per heavy atom. The molecule has 0 fully saturated rings. The number of H-pyrrole nitrogens is 1. The van der Waals surface area contributed by atoms with Crippen LogP contribution < -0.4 is 22.0 Å². The average Bonchev–Trinajstić information content (AvgIpc) is 2.54. The lowest BCUT2D eigenvalue weighted by atomic mass is 10.1. The molecule has 8 heteroatoms. The Labute approximate surface area is 144 Å². The van der Waals surface area contributed by atoms with Crippen molar-refractivity contribution in [1.82, 2.24) is 20.3 Å². The Hall–Kier alpha value is -2.87. The second-order valence-electron chi connectivity index (χ2n) is 6.51. The number of hydrogen-bond acceptors (Lipinski definition) is 4. The molecule has 0 aliphatic heterocycles. The standard InChI is InChI=1S/C17H22N4O4/c1-17(2,3)21-10-13(14(22)19-16(21)24)9-18-15(23)20-25-11-12-7-5-4-6-8-12/h4-8,10H,9,11H2,1-3H3,(H2,18,20,23)(H,19,22,24). The van der Waals surface area contributed by atoms with Crippen LogP contribution in [0, 0.1) is 0 Å². The van der Waals surface area contributed by atoms with Gasteiger partial charge in [0.2, 0.25) is 0 Å². The van der Waals surface area contributed by atoms with Crippen LogP contribution in [0.25, 0.3) is 0 Å². The molecule has 0 saturated heterocycles. The first kappa shape index (κ1) is 18.5. The normalized spacial score (nSPS) is 11.2. The Morgan fingerprint density at radius 1 is 1.20 bits per heavy atom. The van der Waals surface area contributed by atoms with Gasteiger partial charge in [0.25, 0.3) is 5.56 Å². The summed E-state index contributed by atoms with van der Waals surface area (Å²) in [7, 11) is 0. The van der Waals surface area contributed by atoms with Gasteiger partial charge in [-0.25, -0.2) is 15.1 Å². The van der Waals surface area contributed by atoms with Gasteiger partial charge in [-0.05, 0) is 26.3 Å². The van der Waals surface area contributed by atoms with E-state index in [-0.39, 0.29) is 18.7 Å². The number of aromatic nitrogens is 2. The van der Waals surface area contributed by atoms with Crippen LogP contribution in [0.3, 0.4) is 0 Å². The van der Waals surface area contributed by atoms with E-state index in [9.17, 15) is 14.4 Å². The van der Waals surface area contributed by atoms with Gasteiger partial charge in [-0.15, -0.1) is 0 Å². The molecular formula is C17H22N4O4. The van der Waals surface area contributed by atoms with Crippen molar-refractivity contribution in [2.75, 3.05) is 0 Å². The van der Waals surface area contributed by atoms with Crippen molar-refractivity contribution in [3.8, 4) is 0 Å². The second-order valence-corrected chi connectivity index (χ2v) is 6.51. The fourth-order valence-corrected chi connectivity index (χ4v) is 2.11. The van der Waals surface area contributed by atoms with Crippen LogP contribution in [0.5, 0.6) is 0 Å². The number of nitrogens with zero attached hydrogens (tertiary/aromatic N) is 1. The molecule has 0 bridgehead atoms. The van der Waals surface area contributed by atoms with Crippen LogP contribution in [0.1, 0.15) is 31.9 Å². The van der Waals surface area contributed by atoms with Crippen molar-refractivity contribution < 1.29 is 9.63 Å². The smallest absolute Gasteiger partial charge is 0.332 e. The summed E-state index contributed by atoms with van der Waals surface area (Å²) in [5.74, 6) is 0. The Bertz CT molecular complexity index is 834. The van der Waals surface area contributed by atoms with Gasteiger partial charge < -0.3 is 5.32 Å². The molecule has 8 nitrogen and oxygen atoms in total. The zero-order valence-electron chi connectivity index (χ0n) is 14.5. The number of hydroxylamine groups is 1. The molecule has 2 amide bonds. The number of hydrogen-bond donors (Lipinski definition) is 3. The number of carbonyl (C=O) groups is 1.